The van der Waals surface area contributed by atoms with Crippen molar-refractivity contribution >= 4 is 28.6 Å². The van der Waals surface area contributed by atoms with E-state index in [2.05, 4.69) is 32.7 Å². The first-order valence-corrected chi connectivity index (χ1v) is 6.68. The summed E-state index contributed by atoms with van der Waals surface area (Å²) in [5.41, 5.74) is 7.62. The van der Waals surface area contributed by atoms with Crippen molar-refractivity contribution in [1.29, 1.82) is 0 Å². The van der Waals surface area contributed by atoms with E-state index in [4.69, 9.17) is 17.3 Å². The van der Waals surface area contributed by atoms with Crippen molar-refractivity contribution in [1.82, 2.24) is 9.55 Å². The molecule has 0 radical (unpaired) electrons. The van der Waals surface area contributed by atoms with E-state index in [1.54, 1.807) is 6.07 Å². The number of hydrogen-bond donors (Lipinski definition) is 1. The van der Waals surface area contributed by atoms with Crippen LogP contribution >= 0.6 is 11.6 Å². The number of nitrogens with two attached hydrogens (primary N) is 1. The Hall–Kier alpha value is -1.29. The Morgan fingerprint density at radius 2 is 1.84 bits per heavy atom. The number of nitrogen functional groups attached to an aromatic ring is 1. The molecule has 0 aliphatic heterocycles. The third kappa shape index (κ3) is 1.46. The Bertz CT molecular complexity index is 674. The second-order valence-corrected chi connectivity index (χ2v) is 6.85. The smallest absolute Gasteiger partial charge is 0.201 e. The molecule has 0 amide bonds. The highest BCUT2D eigenvalue weighted by atomic mass is 35.5. The van der Waals surface area contributed by atoms with E-state index in [1.807, 2.05) is 4.57 Å². The normalized spacial score (nSPS) is 20.9. The third-order valence-corrected chi connectivity index (χ3v) is 5.25. The fraction of sp³-hybridized carbons (Fsp3) is 0.500. The van der Waals surface area contributed by atoms with E-state index in [9.17, 15) is 4.39 Å². The lowest BCUT2D eigenvalue weighted by atomic mass is 10.0. The van der Waals surface area contributed by atoms with Gasteiger partial charge in [-0.3, -0.25) is 0 Å². The summed E-state index contributed by atoms with van der Waals surface area (Å²) in [5, 5.41) is 0.102. The van der Waals surface area contributed by atoms with Gasteiger partial charge in [-0.2, -0.15) is 0 Å². The maximum atomic E-state index is 13.5. The summed E-state index contributed by atoms with van der Waals surface area (Å²) in [6, 6.07) is 3.19. The number of halogens is 2. The van der Waals surface area contributed by atoms with Gasteiger partial charge in [0.05, 0.1) is 16.1 Å². The molecule has 0 saturated heterocycles. The average molecular weight is 282 g/mol. The molecule has 0 unspecified atom stereocenters. The lowest BCUT2D eigenvalue weighted by molar-refractivity contribution is 0.457. The van der Waals surface area contributed by atoms with Gasteiger partial charge in [-0.25, -0.2) is 9.37 Å². The van der Waals surface area contributed by atoms with Gasteiger partial charge in [-0.15, -0.1) is 0 Å². The number of nitrogens with zero attached hydrogens (tertiary/aromatic N) is 2. The zero-order valence-corrected chi connectivity index (χ0v) is 12.2. The van der Waals surface area contributed by atoms with Crippen molar-refractivity contribution in [3.8, 4) is 0 Å². The van der Waals surface area contributed by atoms with Gasteiger partial charge in [0.2, 0.25) is 5.95 Å². The lowest BCUT2D eigenvalue weighted by Gasteiger charge is -2.09. The fourth-order valence-corrected chi connectivity index (χ4v) is 3.35. The minimum absolute atomic E-state index is 0.102. The van der Waals surface area contributed by atoms with Gasteiger partial charge < -0.3 is 10.3 Å². The molecule has 1 aliphatic rings. The first kappa shape index (κ1) is 12.7. The number of fused-ring (bicyclic) bond motifs is 1. The molecular weight excluding hydrogens is 265 g/mol. The molecule has 1 fully saturated rings. The molecule has 1 aliphatic carbocycles. The number of benzene rings is 1. The Morgan fingerprint density at radius 3 is 2.37 bits per heavy atom. The van der Waals surface area contributed by atoms with Crippen molar-refractivity contribution < 1.29 is 4.39 Å². The highest BCUT2D eigenvalue weighted by Gasteiger charge is 2.66. The molecule has 1 heterocycles. The maximum absolute atomic E-state index is 13.5. The molecule has 0 bridgehead atoms. The molecule has 0 spiro atoms. The number of imidazole rings is 1. The highest BCUT2D eigenvalue weighted by molar-refractivity contribution is 6.31. The minimum Gasteiger partial charge on any atom is -0.369 e. The molecular formula is C14H17ClFN3. The SMILES string of the molecule is CC1(C)C(n2c(N)nc3cc(F)c(Cl)cc32)C1(C)C. The van der Waals surface area contributed by atoms with Gasteiger partial charge in [0.15, 0.2) is 0 Å². The summed E-state index contributed by atoms with van der Waals surface area (Å²) < 4.78 is 15.5. The van der Waals surface area contributed by atoms with Crippen LogP contribution in [0.2, 0.25) is 5.02 Å². The van der Waals surface area contributed by atoms with E-state index in [0.717, 1.165) is 5.52 Å². The zero-order chi connectivity index (χ0) is 14.2. The van der Waals surface area contributed by atoms with Crippen LogP contribution in [0.3, 0.4) is 0 Å². The van der Waals surface area contributed by atoms with E-state index in [-0.39, 0.29) is 21.9 Å². The highest BCUT2D eigenvalue weighted by Crippen LogP contribution is 2.72. The Kier molecular flexibility index (Phi) is 2.29. The Morgan fingerprint density at radius 1 is 1.26 bits per heavy atom. The van der Waals surface area contributed by atoms with Gasteiger partial charge in [-0.05, 0) is 16.9 Å². The molecule has 1 aromatic heterocycles. The van der Waals surface area contributed by atoms with Crippen molar-refractivity contribution in [2.75, 3.05) is 5.73 Å². The number of hydrogen-bond acceptors (Lipinski definition) is 2. The molecule has 2 aromatic rings. The summed E-state index contributed by atoms with van der Waals surface area (Å²) in [4.78, 5) is 4.25. The number of anilines is 1. The molecule has 3 rings (SSSR count). The quantitative estimate of drug-likeness (QED) is 0.858. The first-order valence-electron chi connectivity index (χ1n) is 6.30. The summed E-state index contributed by atoms with van der Waals surface area (Å²) in [5.74, 6) is -0.0477. The molecule has 102 valence electrons. The monoisotopic (exact) mass is 281 g/mol. The summed E-state index contributed by atoms with van der Waals surface area (Å²) in [6.45, 7) is 8.81. The standard InChI is InChI=1S/C14H17ClFN3/c1-13(2)11(14(13,3)4)19-10-5-7(15)8(16)6-9(10)18-12(19)17/h5-6,11H,1-4H3,(H2,17,18). The summed E-state index contributed by atoms with van der Waals surface area (Å²) in [7, 11) is 0. The molecule has 3 nitrogen and oxygen atoms in total. The Labute approximate surface area is 116 Å². The van der Waals surface area contributed by atoms with Crippen LogP contribution in [0, 0.1) is 16.6 Å². The van der Waals surface area contributed by atoms with E-state index < -0.39 is 5.82 Å². The van der Waals surface area contributed by atoms with Crippen LogP contribution in [0.15, 0.2) is 12.1 Å². The van der Waals surface area contributed by atoms with Gasteiger partial charge in [0.1, 0.15) is 5.82 Å². The van der Waals surface area contributed by atoms with Gasteiger partial charge in [-0.1, -0.05) is 39.3 Å². The number of rotatable bonds is 1. The van der Waals surface area contributed by atoms with E-state index >= 15 is 0 Å². The topological polar surface area (TPSA) is 43.8 Å². The predicted molar refractivity (Wildman–Crippen MR) is 75.7 cm³/mol. The molecule has 5 heteroatoms. The van der Waals surface area contributed by atoms with Crippen LogP contribution in [0.5, 0.6) is 0 Å². The minimum atomic E-state index is -0.465. The molecule has 1 saturated carbocycles. The van der Waals surface area contributed by atoms with E-state index in [0.29, 0.717) is 11.5 Å². The largest absolute Gasteiger partial charge is 0.369 e. The molecule has 0 atom stereocenters. The lowest BCUT2D eigenvalue weighted by Crippen LogP contribution is -2.05. The van der Waals surface area contributed by atoms with Crippen molar-refractivity contribution in [3.63, 3.8) is 0 Å². The van der Waals surface area contributed by atoms with Crippen LogP contribution in [0.4, 0.5) is 10.3 Å². The van der Waals surface area contributed by atoms with Crippen LogP contribution < -0.4 is 5.73 Å². The van der Waals surface area contributed by atoms with Gasteiger partial charge >= 0.3 is 0 Å². The summed E-state index contributed by atoms with van der Waals surface area (Å²) >= 11 is 5.88. The maximum Gasteiger partial charge on any atom is 0.201 e. The molecule has 19 heavy (non-hydrogen) atoms. The van der Waals surface area contributed by atoms with Crippen LogP contribution in [0.25, 0.3) is 11.0 Å². The van der Waals surface area contributed by atoms with Crippen molar-refractivity contribution in [2.24, 2.45) is 10.8 Å². The van der Waals surface area contributed by atoms with Gasteiger partial charge in [0.25, 0.3) is 0 Å². The predicted octanol–water partition coefficient (Wildman–Crippen LogP) is 4.02. The second-order valence-electron chi connectivity index (χ2n) is 6.44. The molecule has 1 aromatic carbocycles. The van der Waals surface area contributed by atoms with Gasteiger partial charge in [0, 0.05) is 12.1 Å². The number of aromatic nitrogens is 2. The van der Waals surface area contributed by atoms with Crippen LogP contribution in [-0.4, -0.2) is 9.55 Å². The van der Waals surface area contributed by atoms with Crippen LogP contribution in [0.1, 0.15) is 33.7 Å². The average Bonchev–Trinajstić information content (AvgIpc) is 2.54. The van der Waals surface area contributed by atoms with Crippen LogP contribution in [-0.2, 0) is 0 Å². The van der Waals surface area contributed by atoms with Crippen molar-refractivity contribution in [2.45, 2.75) is 33.7 Å². The van der Waals surface area contributed by atoms with Crippen molar-refractivity contribution in [3.05, 3.63) is 23.0 Å². The fourth-order valence-electron chi connectivity index (χ4n) is 3.19. The summed E-state index contributed by atoms with van der Waals surface area (Å²) in [6.07, 6.45) is 0. The zero-order valence-electron chi connectivity index (χ0n) is 11.5. The molecule has 2 N–H and O–H groups in total. The Balaban J connectivity index is 2.26. The first-order chi connectivity index (χ1) is 8.68. The third-order valence-electron chi connectivity index (χ3n) is 4.96. The second kappa shape index (κ2) is 3.42. The van der Waals surface area contributed by atoms with E-state index in [1.165, 1.54) is 6.07 Å².